The van der Waals surface area contributed by atoms with E-state index in [1.807, 2.05) is 0 Å². The van der Waals surface area contributed by atoms with Gasteiger partial charge >= 0.3 is 6.18 Å². The molecule has 0 spiro atoms. The number of nitrogens with two attached hydrogens (primary N) is 3. The molecular formula is C27H32F3N7O3S. The molecule has 0 fully saturated rings. The maximum absolute atomic E-state index is 13.4. The maximum atomic E-state index is 13.4. The maximum Gasteiger partial charge on any atom is 0.416 e. The first-order valence-corrected chi connectivity index (χ1v) is 13.2. The highest BCUT2D eigenvalue weighted by Crippen LogP contribution is 2.32. The van der Waals surface area contributed by atoms with E-state index in [1.165, 1.54) is 17.0 Å². The number of carbonyl (C=O) groups excluding carboxylic acids is 3. The predicted molar refractivity (Wildman–Crippen MR) is 153 cm³/mol. The van der Waals surface area contributed by atoms with Gasteiger partial charge in [0.2, 0.25) is 17.7 Å². The molecule has 10 nitrogen and oxygen atoms in total. The number of hydrogen-bond acceptors (Lipinski definition) is 8. The number of anilines is 1. The number of carbonyl (C=O) groups is 3. The Hall–Kier alpha value is -3.72. The molecule has 0 aliphatic carbocycles. The number of thiol groups is 1. The van der Waals surface area contributed by atoms with E-state index < -0.39 is 46.8 Å². The van der Waals surface area contributed by atoms with Gasteiger partial charge in [0, 0.05) is 43.4 Å². The Morgan fingerprint density at radius 2 is 1.63 bits per heavy atom. The van der Waals surface area contributed by atoms with E-state index in [1.54, 1.807) is 36.5 Å². The highest BCUT2D eigenvalue weighted by Gasteiger charge is 2.33. The molecule has 1 aromatic heterocycles. The minimum atomic E-state index is -4.55. The fraction of sp³-hybridized carbons (Fsp3) is 0.333. The first-order chi connectivity index (χ1) is 19.4. The second-order valence-electron chi connectivity index (χ2n) is 9.22. The van der Waals surface area contributed by atoms with Crippen LogP contribution in [0.4, 0.5) is 18.9 Å². The number of aromatic nitrogens is 1. The predicted octanol–water partition coefficient (Wildman–Crippen LogP) is 1.81. The van der Waals surface area contributed by atoms with Gasteiger partial charge in [0.15, 0.2) is 0 Å². The molecule has 14 heteroatoms. The van der Waals surface area contributed by atoms with Crippen molar-refractivity contribution in [3.63, 3.8) is 0 Å². The van der Waals surface area contributed by atoms with Crippen molar-refractivity contribution in [3.05, 3.63) is 71.9 Å². The topological polar surface area (TPSA) is 169 Å². The summed E-state index contributed by atoms with van der Waals surface area (Å²) in [6.45, 7) is 0.829. The summed E-state index contributed by atoms with van der Waals surface area (Å²) in [5.41, 5.74) is 17.5. The van der Waals surface area contributed by atoms with Crippen molar-refractivity contribution in [2.24, 2.45) is 17.2 Å². The Balaban J connectivity index is 1.83. The Labute approximate surface area is 240 Å². The lowest BCUT2D eigenvalue weighted by molar-refractivity contribution is -0.137. The Morgan fingerprint density at radius 3 is 2.24 bits per heavy atom. The monoisotopic (exact) mass is 591 g/mol. The van der Waals surface area contributed by atoms with Crippen LogP contribution in [0.5, 0.6) is 0 Å². The lowest BCUT2D eigenvalue weighted by atomic mass is 10.0. The molecule has 2 aromatic carbocycles. The summed E-state index contributed by atoms with van der Waals surface area (Å²) in [6.07, 6.45) is -3.31. The largest absolute Gasteiger partial charge is 0.416 e. The lowest BCUT2D eigenvalue weighted by Gasteiger charge is -2.27. The summed E-state index contributed by atoms with van der Waals surface area (Å²) in [5, 5.41) is 4.90. The van der Waals surface area contributed by atoms with Crippen LogP contribution in [0.1, 0.15) is 22.8 Å². The molecule has 0 saturated carbocycles. The van der Waals surface area contributed by atoms with Gasteiger partial charge in [-0.1, -0.05) is 18.2 Å². The summed E-state index contributed by atoms with van der Waals surface area (Å²) >= 11 is 4.48. The number of hydrogen-bond donors (Lipinski definition) is 6. The average Bonchev–Trinajstić information content (AvgIpc) is 2.94. The van der Waals surface area contributed by atoms with E-state index in [4.69, 9.17) is 17.2 Å². The zero-order valence-electron chi connectivity index (χ0n) is 22.0. The van der Waals surface area contributed by atoms with Gasteiger partial charge in [-0.25, -0.2) is 0 Å². The number of fused-ring (bicyclic) bond motifs is 1. The third-order valence-electron chi connectivity index (χ3n) is 6.23. The number of nitrogens with zero attached hydrogens (tertiary/aromatic N) is 2. The molecule has 1 heterocycles. The normalized spacial score (nSPS) is 13.7. The van der Waals surface area contributed by atoms with Crippen molar-refractivity contribution in [1.82, 2.24) is 15.2 Å². The Morgan fingerprint density at radius 1 is 0.976 bits per heavy atom. The van der Waals surface area contributed by atoms with Crippen LogP contribution in [0.25, 0.3) is 10.9 Å². The van der Waals surface area contributed by atoms with Crippen molar-refractivity contribution in [2.75, 3.05) is 31.5 Å². The average molecular weight is 592 g/mol. The molecule has 0 aliphatic rings. The molecule has 220 valence electrons. The summed E-state index contributed by atoms with van der Waals surface area (Å²) in [4.78, 5) is 44.7. The molecule has 0 aliphatic heterocycles. The minimum Gasteiger partial charge on any atom is -0.342 e. The minimum absolute atomic E-state index is 0.189. The molecule has 0 radical (unpaired) electrons. The number of benzene rings is 2. The molecule has 8 N–H and O–H groups in total. The highest BCUT2D eigenvalue weighted by atomic mass is 32.1. The van der Waals surface area contributed by atoms with Gasteiger partial charge in [0.1, 0.15) is 6.04 Å². The van der Waals surface area contributed by atoms with Crippen LogP contribution in [0.2, 0.25) is 0 Å². The van der Waals surface area contributed by atoms with E-state index in [9.17, 15) is 27.6 Å². The van der Waals surface area contributed by atoms with Crippen molar-refractivity contribution < 1.29 is 27.6 Å². The van der Waals surface area contributed by atoms with Crippen molar-refractivity contribution in [1.29, 1.82) is 0 Å². The third kappa shape index (κ3) is 8.63. The van der Waals surface area contributed by atoms with Crippen molar-refractivity contribution in [2.45, 2.75) is 29.9 Å². The fourth-order valence-electron chi connectivity index (χ4n) is 4.07. The Bertz CT molecular complexity index is 1350. The number of alkyl halides is 3. The number of halogens is 3. The van der Waals surface area contributed by atoms with Crippen LogP contribution < -0.4 is 27.8 Å². The quantitative estimate of drug-likeness (QED) is 0.175. The van der Waals surface area contributed by atoms with Crippen LogP contribution in [0.15, 0.2) is 60.8 Å². The summed E-state index contributed by atoms with van der Waals surface area (Å²) in [5.74, 6) is -1.97. The summed E-state index contributed by atoms with van der Waals surface area (Å²) < 4.78 is 39.2. The summed E-state index contributed by atoms with van der Waals surface area (Å²) in [7, 11) is 0. The fourth-order valence-corrected chi connectivity index (χ4v) is 4.45. The molecule has 3 atom stereocenters. The molecule has 0 bridgehead atoms. The number of rotatable bonds is 12. The van der Waals surface area contributed by atoms with E-state index in [2.05, 4.69) is 28.2 Å². The number of nitrogens with one attached hydrogen (secondary N) is 2. The van der Waals surface area contributed by atoms with Crippen LogP contribution in [-0.4, -0.2) is 65.9 Å². The SMILES string of the molecule is NCCN(CCN)C(=O)C[C@H](N)C(=O)N[C@H](C(=O)Nc1ccc2ncccc2c1)[C@@H](S)c1ccc(C(F)(F)F)cc1. The smallest absolute Gasteiger partial charge is 0.342 e. The number of amides is 3. The van der Waals surface area contributed by atoms with Crippen LogP contribution in [-0.2, 0) is 20.6 Å². The zero-order valence-corrected chi connectivity index (χ0v) is 22.9. The number of pyridine rings is 1. The van der Waals surface area contributed by atoms with E-state index >= 15 is 0 Å². The summed E-state index contributed by atoms with van der Waals surface area (Å²) in [6, 6.07) is 9.89. The van der Waals surface area contributed by atoms with Gasteiger partial charge in [-0.2, -0.15) is 25.8 Å². The highest BCUT2D eigenvalue weighted by molar-refractivity contribution is 7.80. The second kappa shape index (κ2) is 14.3. The third-order valence-corrected chi connectivity index (χ3v) is 6.82. The van der Waals surface area contributed by atoms with E-state index in [0.717, 1.165) is 17.5 Å². The molecule has 3 amide bonds. The lowest BCUT2D eigenvalue weighted by Crippen LogP contribution is -2.53. The zero-order chi connectivity index (χ0) is 30.2. The molecule has 0 saturated heterocycles. The molecule has 3 rings (SSSR count). The van der Waals surface area contributed by atoms with Crippen LogP contribution in [0.3, 0.4) is 0 Å². The van der Waals surface area contributed by atoms with Crippen LogP contribution in [0, 0.1) is 0 Å². The van der Waals surface area contributed by atoms with Gasteiger partial charge in [-0.05, 0) is 42.0 Å². The van der Waals surface area contributed by atoms with Crippen molar-refractivity contribution >= 4 is 46.9 Å². The van der Waals surface area contributed by atoms with Crippen molar-refractivity contribution in [3.8, 4) is 0 Å². The first kappa shape index (κ1) is 31.8. The van der Waals surface area contributed by atoms with E-state index in [-0.39, 0.29) is 38.2 Å². The standard InChI is InChI=1S/C27H32F3N7O3S/c28-27(29,30)18-5-3-16(4-6-18)24(41)23(26(40)35-19-7-8-21-17(14-19)2-1-11-34-21)36-25(39)20(33)15-22(38)37(12-9-31)13-10-32/h1-8,11,14,20,23-24,41H,9-10,12-13,15,31-33H2,(H,35,40)(H,36,39)/t20-,23-,24-/m0/s1. The molecule has 3 aromatic rings. The first-order valence-electron chi connectivity index (χ1n) is 12.7. The van der Waals surface area contributed by atoms with Gasteiger partial charge in [0.25, 0.3) is 0 Å². The molecule has 41 heavy (non-hydrogen) atoms. The van der Waals surface area contributed by atoms with Gasteiger partial charge in [-0.3, -0.25) is 19.4 Å². The molecule has 0 unspecified atom stereocenters. The molecular weight excluding hydrogens is 559 g/mol. The van der Waals surface area contributed by atoms with Gasteiger partial charge < -0.3 is 32.7 Å². The van der Waals surface area contributed by atoms with Gasteiger partial charge in [-0.15, -0.1) is 0 Å². The second-order valence-corrected chi connectivity index (χ2v) is 9.78. The van der Waals surface area contributed by atoms with E-state index in [0.29, 0.717) is 11.2 Å². The van der Waals surface area contributed by atoms with Gasteiger partial charge in [0.05, 0.1) is 28.8 Å². The van der Waals surface area contributed by atoms with Crippen LogP contribution >= 0.6 is 12.6 Å². The Kier molecular flexibility index (Phi) is 11.1.